The molecule has 6 nitrogen and oxygen atoms in total. The van der Waals surface area contributed by atoms with Gasteiger partial charge in [-0.15, -0.1) is 0 Å². The topological polar surface area (TPSA) is 72.9 Å². The highest BCUT2D eigenvalue weighted by molar-refractivity contribution is 7.89. The van der Waals surface area contributed by atoms with Crippen LogP contribution in [0.25, 0.3) is 6.08 Å². The highest BCUT2D eigenvalue weighted by Gasteiger charge is 2.20. The van der Waals surface area contributed by atoms with Crippen molar-refractivity contribution < 1.29 is 22.7 Å². The molecule has 0 bridgehead atoms. The van der Waals surface area contributed by atoms with Crippen molar-refractivity contribution in [2.24, 2.45) is 0 Å². The predicted octanol–water partition coefficient (Wildman–Crippen LogP) is 3.52. The van der Waals surface area contributed by atoms with Crippen LogP contribution >= 0.6 is 0 Å². The van der Waals surface area contributed by atoms with Crippen molar-refractivity contribution in [3.05, 3.63) is 65.7 Å². The van der Waals surface area contributed by atoms with Crippen LogP contribution in [0.2, 0.25) is 0 Å². The summed E-state index contributed by atoms with van der Waals surface area (Å²) in [4.78, 5) is 12.1. The van der Waals surface area contributed by atoms with Crippen LogP contribution in [-0.2, 0) is 26.0 Å². The number of ether oxygens (including phenoxy) is 2. The maximum absolute atomic E-state index is 12.5. The first-order chi connectivity index (χ1) is 13.9. The third-order valence-electron chi connectivity index (χ3n) is 4.43. The van der Waals surface area contributed by atoms with Crippen molar-refractivity contribution >= 4 is 22.1 Å². The molecular formula is C22H27NO5S. The molecule has 29 heavy (non-hydrogen) atoms. The molecule has 0 aliphatic rings. The van der Waals surface area contributed by atoms with E-state index in [1.54, 1.807) is 51.3 Å². The van der Waals surface area contributed by atoms with E-state index in [4.69, 9.17) is 9.47 Å². The van der Waals surface area contributed by atoms with Crippen LogP contribution < -0.4 is 4.74 Å². The first kappa shape index (κ1) is 22.6. The fourth-order valence-electron chi connectivity index (χ4n) is 2.74. The van der Waals surface area contributed by atoms with Crippen molar-refractivity contribution in [1.82, 2.24) is 4.31 Å². The van der Waals surface area contributed by atoms with Crippen LogP contribution in [0, 0.1) is 0 Å². The van der Waals surface area contributed by atoms with Gasteiger partial charge in [-0.25, -0.2) is 13.2 Å². The lowest BCUT2D eigenvalue weighted by atomic mass is 10.1. The minimum absolute atomic E-state index is 0.236. The van der Waals surface area contributed by atoms with Crippen LogP contribution in [-0.4, -0.2) is 45.5 Å². The summed E-state index contributed by atoms with van der Waals surface area (Å²) in [5.74, 6) is 0.336. The summed E-state index contributed by atoms with van der Waals surface area (Å²) in [6, 6.07) is 14.0. The molecule has 2 aromatic carbocycles. The van der Waals surface area contributed by atoms with Crippen molar-refractivity contribution in [3.63, 3.8) is 0 Å². The number of carbonyl (C=O) groups excluding carboxylic acids is 1. The van der Waals surface area contributed by atoms with Crippen LogP contribution in [0.1, 0.15) is 25.0 Å². The maximum Gasteiger partial charge on any atom is 0.330 e. The van der Waals surface area contributed by atoms with Gasteiger partial charge in [0.25, 0.3) is 0 Å². The Hall–Kier alpha value is -2.64. The predicted molar refractivity (Wildman–Crippen MR) is 113 cm³/mol. The Morgan fingerprint density at radius 2 is 1.62 bits per heavy atom. The lowest BCUT2D eigenvalue weighted by molar-refractivity contribution is -0.137. The lowest BCUT2D eigenvalue weighted by Gasteiger charge is -2.18. The van der Waals surface area contributed by atoms with Gasteiger partial charge < -0.3 is 9.47 Å². The molecule has 0 heterocycles. The number of sulfonamides is 1. The first-order valence-electron chi connectivity index (χ1n) is 9.48. The summed E-state index contributed by atoms with van der Waals surface area (Å²) >= 11 is 0. The zero-order valence-corrected chi connectivity index (χ0v) is 17.8. The quantitative estimate of drug-likeness (QED) is 0.437. The zero-order chi connectivity index (χ0) is 21.3. The number of esters is 1. The molecule has 0 aliphatic heterocycles. The molecule has 0 saturated heterocycles. The van der Waals surface area contributed by atoms with E-state index in [-0.39, 0.29) is 11.5 Å². The highest BCUT2D eigenvalue weighted by atomic mass is 32.2. The fraction of sp³-hybridized carbons (Fsp3) is 0.318. The van der Waals surface area contributed by atoms with Crippen LogP contribution in [0.3, 0.4) is 0 Å². The number of benzene rings is 2. The smallest absolute Gasteiger partial charge is 0.330 e. The largest absolute Gasteiger partial charge is 0.497 e. The standard InChI is InChI=1S/C22H27NO5S/c1-4-23(5-2)29(25,26)21-13-8-18(9-14-21)10-15-22(24)28-17-16-19-6-11-20(27-3)12-7-19/h6-15H,4-5,16-17H2,1-3H3/b15-10+. The average molecular weight is 418 g/mol. The number of hydrogen-bond donors (Lipinski definition) is 0. The van der Waals surface area contributed by atoms with Crippen LogP contribution in [0.5, 0.6) is 5.75 Å². The summed E-state index contributed by atoms with van der Waals surface area (Å²) in [6.45, 7) is 4.72. The summed E-state index contributed by atoms with van der Waals surface area (Å²) in [7, 11) is -1.87. The molecule has 0 atom stereocenters. The molecule has 156 valence electrons. The highest BCUT2D eigenvalue weighted by Crippen LogP contribution is 2.17. The number of methoxy groups -OCH3 is 1. The van der Waals surface area contributed by atoms with E-state index in [0.29, 0.717) is 19.5 Å². The maximum atomic E-state index is 12.5. The Morgan fingerprint density at radius 3 is 2.17 bits per heavy atom. The molecule has 0 aromatic heterocycles. The molecule has 0 N–H and O–H groups in total. The molecule has 0 spiro atoms. The summed E-state index contributed by atoms with van der Waals surface area (Å²) < 4.78 is 36.6. The van der Waals surface area contributed by atoms with Gasteiger partial charge in [0.2, 0.25) is 10.0 Å². The van der Waals surface area contributed by atoms with Crippen molar-refractivity contribution in [2.45, 2.75) is 25.2 Å². The number of rotatable bonds is 10. The van der Waals surface area contributed by atoms with Gasteiger partial charge in [0.05, 0.1) is 18.6 Å². The SMILES string of the molecule is CCN(CC)S(=O)(=O)c1ccc(/C=C/C(=O)OCCc2ccc(OC)cc2)cc1. The molecular weight excluding hydrogens is 390 g/mol. The Kier molecular flexibility index (Phi) is 8.42. The third kappa shape index (κ3) is 6.44. The molecule has 0 aliphatic carbocycles. The minimum Gasteiger partial charge on any atom is -0.497 e. The Balaban J connectivity index is 1.88. The molecule has 0 saturated carbocycles. The Labute approximate surface area is 172 Å². The van der Waals surface area contributed by atoms with E-state index in [2.05, 4.69) is 0 Å². The van der Waals surface area contributed by atoms with E-state index in [0.717, 1.165) is 16.9 Å². The first-order valence-corrected chi connectivity index (χ1v) is 10.9. The monoisotopic (exact) mass is 417 g/mol. The number of nitrogens with zero attached hydrogens (tertiary/aromatic N) is 1. The van der Waals surface area contributed by atoms with E-state index < -0.39 is 16.0 Å². The second-order valence-corrected chi connectivity index (χ2v) is 8.20. The van der Waals surface area contributed by atoms with E-state index in [1.165, 1.54) is 10.4 Å². The van der Waals surface area contributed by atoms with Gasteiger partial charge >= 0.3 is 5.97 Å². The molecule has 0 amide bonds. The zero-order valence-electron chi connectivity index (χ0n) is 17.0. The fourth-order valence-corrected chi connectivity index (χ4v) is 4.20. The van der Waals surface area contributed by atoms with Crippen LogP contribution in [0.4, 0.5) is 0 Å². The van der Waals surface area contributed by atoms with Crippen molar-refractivity contribution in [3.8, 4) is 5.75 Å². The Bertz CT molecular complexity index is 915. The van der Waals surface area contributed by atoms with Crippen LogP contribution in [0.15, 0.2) is 59.5 Å². The average Bonchev–Trinajstić information content (AvgIpc) is 2.73. The molecule has 2 rings (SSSR count). The number of hydrogen-bond acceptors (Lipinski definition) is 5. The van der Waals surface area contributed by atoms with Gasteiger partial charge in [0.1, 0.15) is 5.75 Å². The normalized spacial score (nSPS) is 11.7. The Morgan fingerprint density at radius 1 is 1.00 bits per heavy atom. The van der Waals surface area contributed by atoms with Gasteiger partial charge in [-0.05, 0) is 41.5 Å². The lowest BCUT2D eigenvalue weighted by Crippen LogP contribution is -2.30. The summed E-state index contributed by atoms with van der Waals surface area (Å²) in [6.07, 6.45) is 3.55. The van der Waals surface area contributed by atoms with E-state index in [1.807, 2.05) is 24.3 Å². The summed E-state index contributed by atoms with van der Waals surface area (Å²) in [5.41, 5.74) is 1.77. The van der Waals surface area contributed by atoms with Gasteiger partial charge in [0.15, 0.2) is 0 Å². The molecule has 7 heteroatoms. The van der Waals surface area contributed by atoms with Crippen molar-refractivity contribution in [1.29, 1.82) is 0 Å². The minimum atomic E-state index is -3.48. The van der Waals surface area contributed by atoms with E-state index >= 15 is 0 Å². The number of carbonyl (C=O) groups is 1. The summed E-state index contributed by atoms with van der Waals surface area (Å²) in [5, 5.41) is 0. The van der Waals surface area contributed by atoms with Gasteiger partial charge in [-0.2, -0.15) is 4.31 Å². The second-order valence-electron chi connectivity index (χ2n) is 6.26. The molecule has 2 aromatic rings. The third-order valence-corrected chi connectivity index (χ3v) is 6.49. The van der Waals surface area contributed by atoms with Crippen molar-refractivity contribution in [2.75, 3.05) is 26.8 Å². The molecule has 0 radical (unpaired) electrons. The van der Waals surface area contributed by atoms with Gasteiger partial charge in [0, 0.05) is 25.6 Å². The molecule has 0 fully saturated rings. The molecule has 0 unspecified atom stereocenters. The van der Waals surface area contributed by atoms with Gasteiger partial charge in [-0.3, -0.25) is 0 Å². The second kappa shape index (κ2) is 10.8. The van der Waals surface area contributed by atoms with E-state index in [9.17, 15) is 13.2 Å². The van der Waals surface area contributed by atoms with Gasteiger partial charge in [-0.1, -0.05) is 38.1 Å².